The number of nitrogens with zero attached hydrogens (tertiary/aromatic N) is 3. The van der Waals surface area contributed by atoms with Crippen molar-refractivity contribution in [3.8, 4) is 11.3 Å². The third-order valence-electron chi connectivity index (χ3n) is 6.26. The molecule has 1 aliphatic rings. The van der Waals surface area contributed by atoms with E-state index in [4.69, 9.17) is 10.7 Å². The van der Waals surface area contributed by atoms with Crippen LogP contribution in [0, 0.1) is 5.41 Å². The predicted molar refractivity (Wildman–Crippen MR) is 115 cm³/mol. The van der Waals surface area contributed by atoms with Gasteiger partial charge in [-0.25, -0.2) is 4.79 Å². The molecule has 3 N–H and O–H groups in total. The summed E-state index contributed by atoms with van der Waals surface area (Å²) in [5, 5.41) is 9.70. The molecule has 1 fully saturated rings. The predicted octanol–water partition coefficient (Wildman–Crippen LogP) is 3.81. The van der Waals surface area contributed by atoms with Crippen LogP contribution in [0.25, 0.3) is 11.3 Å². The van der Waals surface area contributed by atoms with Crippen LogP contribution in [0.15, 0.2) is 42.5 Å². The van der Waals surface area contributed by atoms with E-state index in [9.17, 15) is 9.90 Å². The number of carbonyl (C=O) groups is 1. The molecule has 0 aliphatic carbocycles. The first-order chi connectivity index (χ1) is 13.6. The molecule has 2 aromatic rings. The molecule has 1 amide bonds. The minimum atomic E-state index is -0.845. The molecule has 0 spiro atoms. The van der Waals surface area contributed by atoms with Gasteiger partial charge in [0.2, 0.25) is 0 Å². The Kier molecular flexibility index (Phi) is 5.96. The second kappa shape index (κ2) is 8.13. The molecule has 1 saturated heterocycles. The molecule has 6 heteroatoms. The van der Waals surface area contributed by atoms with Gasteiger partial charge in [0.25, 0.3) is 0 Å². The Hall–Kier alpha value is -2.44. The number of nitrogens with two attached hydrogens (primary N) is 1. The van der Waals surface area contributed by atoms with Crippen LogP contribution in [0.2, 0.25) is 0 Å². The van der Waals surface area contributed by atoms with Crippen molar-refractivity contribution < 1.29 is 9.90 Å². The van der Waals surface area contributed by atoms with Gasteiger partial charge in [0.15, 0.2) is 0 Å². The summed E-state index contributed by atoms with van der Waals surface area (Å²) in [6, 6.07) is 14.2. The molecule has 1 aromatic carbocycles. The number of piperazine rings is 1. The fourth-order valence-electron chi connectivity index (χ4n) is 3.99. The van der Waals surface area contributed by atoms with Crippen LogP contribution in [0.4, 0.5) is 4.79 Å². The maximum Gasteiger partial charge on any atom is 0.407 e. The van der Waals surface area contributed by atoms with E-state index >= 15 is 0 Å². The lowest BCUT2D eigenvalue weighted by Crippen LogP contribution is -2.67. The SMILES string of the molecule is CC(C)(C)[C@@]1(C)CN(Cc2cccc(-c3cccc(CN)c3)n2)CCN1C(=O)O. The topological polar surface area (TPSA) is 82.7 Å². The van der Waals surface area contributed by atoms with Crippen molar-refractivity contribution in [2.75, 3.05) is 19.6 Å². The number of amides is 1. The lowest BCUT2D eigenvalue weighted by molar-refractivity contribution is -0.0464. The van der Waals surface area contributed by atoms with E-state index in [1.165, 1.54) is 0 Å². The molecule has 2 heterocycles. The first-order valence-corrected chi connectivity index (χ1v) is 10.1. The summed E-state index contributed by atoms with van der Waals surface area (Å²) in [6.45, 7) is 11.5. The molecule has 1 aromatic heterocycles. The average molecular weight is 397 g/mol. The minimum Gasteiger partial charge on any atom is -0.465 e. The Labute approximate surface area is 173 Å². The van der Waals surface area contributed by atoms with Crippen LogP contribution in [-0.4, -0.2) is 51.2 Å². The van der Waals surface area contributed by atoms with E-state index in [0.717, 1.165) is 22.5 Å². The smallest absolute Gasteiger partial charge is 0.407 e. The van der Waals surface area contributed by atoms with Crippen LogP contribution in [0.3, 0.4) is 0 Å². The van der Waals surface area contributed by atoms with Gasteiger partial charge in [-0.3, -0.25) is 14.8 Å². The fraction of sp³-hybridized carbons (Fsp3) is 0.478. The van der Waals surface area contributed by atoms with E-state index < -0.39 is 11.6 Å². The molecule has 0 saturated carbocycles. The number of carboxylic acid groups (broad SMARTS) is 1. The molecule has 0 unspecified atom stereocenters. The van der Waals surface area contributed by atoms with Crippen LogP contribution < -0.4 is 5.73 Å². The summed E-state index contributed by atoms with van der Waals surface area (Å²) in [5.74, 6) is 0. The quantitative estimate of drug-likeness (QED) is 0.821. The zero-order chi connectivity index (χ0) is 21.2. The zero-order valence-corrected chi connectivity index (χ0v) is 17.9. The highest BCUT2D eigenvalue weighted by Crippen LogP contribution is 2.38. The van der Waals surface area contributed by atoms with E-state index in [2.05, 4.69) is 38.7 Å². The second-order valence-corrected chi connectivity index (χ2v) is 9.09. The van der Waals surface area contributed by atoms with E-state index in [1.54, 1.807) is 4.90 Å². The molecular weight excluding hydrogens is 364 g/mol. The monoisotopic (exact) mass is 396 g/mol. The molecule has 6 nitrogen and oxygen atoms in total. The highest BCUT2D eigenvalue weighted by molar-refractivity contribution is 5.66. The zero-order valence-electron chi connectivity index (χ0n) is 17.9. The summed E-state index contributed by atoms with van der Waals surface area (Å²) in [7, 11) is 0. The molecule has 1 atom stereocenters. The lowest BCUT2D eigenvalue weighted by Gasteiger charge is -2.54. The van der Waals surface area contributed by atoms with Gasteiger partial charge in [0.05, 0.1) is 16.9 Å². The normalized spacial score (nSPS) is 20.7. The highest BCUT2D eigenvalue weighted by Gasteiger charge is 2.48. The second-order valence-electron chi connectivity index (χ2n) is 9.09. The van der Waals surface area contributed by atoms with Gasteiger partial charge < -0.3 is 10.8 Å². The molecular formula is C23H32N4O2. The van der Waals surface area contributed by atoms with Crippen LogP contribution in [-0.2, 0) is 13.1 Å². The van der Waals surface area contributed by atoms with Crippen LogP contribution >= 0.6 is 0 Å². The largest absolute Gasteiger partial charge is 0.465 e. The lowest BCUT2D eigenvalue weighted by atomic mass is 9.72. The molecule has 0 radical (unpaired) electrons. The Bertz CT molecular complexity index is 877. The highest BCUT2D eigenvalue weighted by atomic mass is 16.4. The van der Waals surface area contributed by atoms with Gasteiger partial charge in [-0.1, -0.05) is 45.0 Å². The Morgan fingerprint density at radius 1 is 1.21 bits per heavy atom. The van der Waals surface area contributed by atoms with Gasteiger partial charge in [-0.05, 0) is 36.1 Å². The number of hydrogen-bond donors (Lipinski definition) is 2. The third-order valence-corrected chi connectivity index (χ3v) is 6.26. The summed E-state index contributed by atoms with van der Waals surface area (Å²) in [5.41, 5.74) is 9.19. The van der Waals surface area contributed by atoms with Gasteiger partial charge in [-0.15, -0.1) is 0 Å². The Morgan fingerprint density at radius 3 is 2.59 bits per heavy atom. The first-order valence-electron chi connectivity index (χ1n) is 10.1. The maximum absolute atomic E-state index is 11.8. The van der Waals surface area contributed by atoms with Crippen molar-refractivity contribution >= 4 is 6.09 Å². The summed E-state index contributed by atoms with van der Waals surface area (Å²) < 4.78 is 0. The molecule has 3 rings (SSSR count). The molecule has 29 heavy (non-hydrogen) atoms. The summed E-state index contributed by atoms with van der Waals surface area (Å²) >= 11 is 0. The number of hydrogen-bond acceptors (Lipinski definition) is 4. The van der Waals surface area contributed by atoms with Crippen molar-refractivity contribution in [3.05, 3.63) is 53.7 Å². The average Bonchev–Trinajstić information content (AvgIpc) is 2.67. The number of rotatable bonds is 4. The van der Waals surface area contributed by atoms with Crippen molar-refractivity contribution in [1.82, 2.24) is 14.8 Å². The number of benzene rings is 1. The van der Waals surface area contributed by atoms with E-state index in [-0.39, 0.29) is 5.41 Å². The molecule has 156 valence electrons. The van der Waals surface area contributed by atoms with Crippen molar-refractivity contribution in [2.45, 2.75) is 46.3 Å². The number of pyridine rings is 1. The Balaban J connectivity index is 1.81. The minimum absolute atomic E-state index is 0.179. The standard InChI is InChI=1S/C23H32N4O2/c1-22(2,3)23(4)16-26(11-12-27(23)21(28)29)15-19-9-6-10-20(25-19)18-8-5-7-17(13-18)14-24/h5-10,13H,11-12,14-16,24H2,1-4H3,(H,28,29)/t23-/m1/s1. The first kappa shape index (κ1) is 21.3. The Morgan fingerprint density at radius 2 is 1.93 bits per heavy atom. The van der Waals surface area contributed by atoms with Gasteiger partial charge >= 0.3 is 6.09 Å². The van der Waals surface area contributed by atoms with Crippen molar-refractivity contribution in [1.29, 1.82) is 0 Å². The van der Waals surface area contributed by atoms with Crippen LogP contribution in [0.1, 0.15) is 39.0 Å². The van der Waals surface area contributed by atoms with Crippen molar-refractivity contribution in [3.63, 3.8) is 0 Å². The summed E-state index contributed by atoms with van der Waals surface area (Å²) in [4.78, 5) is 20.6. The van der Waals surface area contributed by atoms with Crippen molar-refractivity contribution in [2.24, 2.45) is 11.1 Å². The van der Waals surface area contributed by atoms with Gasteiger partial charge in [0.1, 0.15) is 0 Å². The van der Waals surface area contributed by atoms with Gasteiger partial charge in [0, 0.05) is 38.3 Å². The third kappa shape index (κ3) is 4.43. The van der Waals surface area contributed by atoms with E-state index in [1.807, 2.05) is 36.4 Å². The van der Waals surface area contributed by atoms with Gasteiger partial charge in [-0.2, -0.15) is 0 Å². The van der Waals surface area contributed by atoms with Crippen LogP contribution in [0.5, 0.6) is 0 Å². The number of aromatic nitrogens is 1. The summed E-state index contributed by atoms with van der Waals surface area (Å²) in [6.07, 6.45) is -0.845. The molecule has 1 aliphatic heterocycles. The fourth-order valence-corrected chi connectivity index (χ4v) is 3.99. The van der Waals surface area contributed by atoms with E-state index in [0.29, 0.717) is 32.7 Å². The maximum atomic E-state index is 11.8. The molecule has 0 bridgehead atoms.